The molecule has 2 aromatic rings. The van der Waals surface area contributed by atoms with E-state index in [1.807, 2.05) is 0 Å². The number of rotatable bonds is 5. The number of hydrogen-bond acceptors (Lipinski definition) is 4. The van der Waals surface area contributed by atoms with Crippen LogP contribution in [-0.2, 0) is 18.3 Å². The fourth-order valence-corrected chi connectivity index (χ4v) is 4.99. The first kappa shape index (κ1) is 19.7. The summed E-state index contributed by atoms with van der Waals surface area (Å²) in [5.41, 5.74) is 0.962. The topological polar surface area (TPSA) is 47.4 Å². The largest absolute Gasteiger partial charge is 0.284 e. The van der Waals surface area contributed by atoms with Gasteiger partial charge >= 0.3 is 0 Å². The van der Waals surface area contributed by atoms with Crippen molar-refractivity contribution in [1.29, 1.82) is 0 Å². The van der Waals surface area contributed by atoms with Gasteiger partial charge in [-0.15, -0.1) is 11.3 Å². The Morgan fingerprint density at radius 2 is 2.17 bits per heavy atom. The van der Waals surface area contributed by atoms with E-state index in [-0.39, 0.29) is 5.56 Å². The van der Waals surface area contributed by atoms with Crippen LogP contribution in [0.3, 0.4) is 0 Å². The van der Waals surface area contributed by atoms with Gasteiger partial charge in [-0.05, 0) is 41.8 Å². The molecule has 0 spiro atoms. The summed E-state index contributed by atoms with van der Waals surface area (Å²) in [6.45, 7) is 3.35. The van der Waals surface area contributed by atoms with Crippen molar-refractivity contribution in [2.45, 2.75) is 26.3 Å². The van der Waals surface area contributed by atoms with Crippen LogP contribution in [-0.4, -0.2) is 33.9 Å². The van der Waals surface area contributed by atoms with E-state index < -0.39 is 17.9 Å². The molecule has 0 saturated carbocycles. The number of nitrogens with zero attached hydrogens (tertiary/aromatic N) is 3. The summed E-state index contributed by atoms with van der Waals surface area (Å²) in [5.74, 6) is -1.30. The summed E-state index contributed by atoms with van der Waals surface area (Å²) in [5, 5.41) is 5.47. The van der Waals surface area contributed by atoms with Crippen molar-refractivity contribution in [2.24, 2.45) is 7.05 Å². The van der Waals surface area contributed by atoms with E-state index in [2.05, 4.69) is 21.0 Å². The Hall–Kier alpha value is -0.670. The number of hydrogen-bond donors (Lipinski definition) is 0. The van der Waals surface area contributed by atoms with E-state index in [9.17, 15) is 9.18 Å². The fourth-order valence-electron chi connectivity index (χ4n) is 2.38. The summed E-state index contributed by atoms with van der Waals surface area (Å²) in [4.78, 5) is 17.9. The van der Waals surface area contributed by atoms with Crippen molar-refractivity contribution in [2.75, 3.05) is 7.11 Å². The second-order valence-electron chi connectivity index (χ2n) is 5.18. The highest BCUT2D eigenvalue weighted by atomic mass is 79.9. The van der Waals surface area contributed by atoms with Crippen LogP contribution in [0.25, 0.3) is 0 Å². The monoisotopic (exact) mass is 457 g/mol. The Balaban J connectivity index is 2.28. The lowest BCUT2D eigenvalue weighted by Gasteiger charge is -2.26. The van der Waals surface area contributed by atoms with Crippen LogP contribution in [0.5, 0.6) is 0 Å². The maximum absolute atomic E-state index is 14.1. The molecule has 1 amide bonds. The van der Waals surface area contributed by atoms with Crippen LogP contribution in [0.1, 0.15) is 28.5 Å². The van der Waals surface area contributed by atoms with Crippen LogP contribution in [0.2, 0.25) is 9.36 Å². The summed E-state index contributed by atoms with van der Waals surface area (Å²) in [6, 6.07) is -0.402. The number of amides is 1. The van der Waals surface area contributed by atoms with Crippen LogP contribution in [0.4, 0.5) is 4.39 Å². The number of hydroxylamine groups is 2. The number of aromatic nitrogens is 2. The van der Waals surface area contributed by atoms with Crippen molar-refractivity contribution in [3.8, 4) is 0 Å². The Kier molecular flexibility index (Phi) is 6.30. The summed E-state index contributed by atoms with van der Waals surface area (Å²) in [7, 11) is 2.79. The second-order valence-corrected chi connectivity index (χ2v) is 8.50. The molecule has 0 N–H and O–H groups in total. The molecule has 2 heterocycles. The zero-order valence-corrected chi connectivity index (χ0v) is 17.3. The van der Waals surface area contributed by atoms with Crippen LogP contribution < -0.4 is 0 Å². The van der Waals surface area contributed by atoms with Gasteiger partial charge in [0.15, 0.2) is 0 Å². The zero-order valence-electron chi connectivity index (χ0n) is 13.4. The molecule has 0 fully saturated rings. The first-order chi connectivity index (χ1) is 11.2. The average Bonchev–Trinajstić information content (AvgIpc) is 2.89. The Labute approximate surface area is 161 Å². The summed E-state index contributed by atoms with van der Waals surface area (Å²) >= 11 is 16.9. The molecular formula is C14H15BrCl2FN3O2S. The molecule has 0 bridgehead atoms. The van der Waals surface area contributed by atoms with Crippen LogP contribution in [0.15, 0.2) is 3.79 Å². The molecule has 0 radical (unpaired) electrons. The second kappa shape index (κ2) is 7.70. The predicted molar refractivity (Wildman–Crippen MR) is 96.3 cm³/mol. The third-order valence-electron chi connectivity index (χ3n) is 3.52. The number of aryl methyl sites for hydroxylation is 2. The van der Waals surface area contributed by atoms with Gasteiger partial charge in [0.25, 0.3) is 5.91 Å². The highest BCUT2D eigenvalue weighted by molar-refractivity contribution is 9.11. The van der Waals surface area contributed by atoms with Crippen molar-refractivity contribution in [3.63, 3.8) is 0 Å². The van der Waals surface area contributed by atoms with Crippen molar-refractivity contribution in [3.05, 3.63) is 35.9 Å². The predicted octanol–water partition coefficient (Wildman–Crippen LogP) is 4.63. The van der Waals surface area contributed by atoms with E-state index in [4.69, 9.17) is 28.0 Å². The fraction of sp³-hybridized carbons (Fsp3) is 0.429. The van der Waals surface area contributed by atoms with Gasteiger partial charge in [-0.3, -0.25) is 9.63 Å². The maximum atomic E-state index is 14.1. The molecular weight excluding hydrogens is 444 g/mol. The maximum Gasteiger partial charge on any atom is 0.284 e. The highest BCUT2D eigenvalue weighted by Gasteiger charge is 2.30. The lowest BCUT2D eigenvalue weighted by Crippen LogP contribution is -2.39. The van der Waals surface area contributed by atoms with Gasteiger partial charge in [0.05, 0.1) is 27.7 Å². The zero-order chi connectivity index (χ0) is 18.2. The molecule has 0 aliphatic rings. The number of carbonyl (C=O) groups excluding carboxylic acids is 1. The SMILES string of the molecule is CON(C(=O)c1c(C)nn(C)c1F)C(C)Cc1c(Br)sc(Cl)c1Cl. The number of thiophene rings is 1. The molecule has 0 aliphatic heterocycles. The van der Waals surface area contributed by atoms with Gasteiger partial charge in [-0.1, -0.05) is 23.2 Å². The number of halogens is 4. The molecule has 24 heavy (non-hydrogen) atoms. The molecule has 0 aliphatic carbocycles. The van der Waals surface area contributed by atoms with Crippen LogP contribution >= 0.6 is 50.5 Å². The molecule has 2 rings (SSSR count). The summed E-state index contributed by atoms with van der Waals surface area (Å²) in [6.07, 6.45) is 0.392. The first-order valence-electron chi connectivity index (χ1n) is 6.87. The standard InChI is InChI=1S/C14H15BrCl2FN3O2S/c1-6(5-8-10(16)12(17)24-11(8)15)21(23-4)14(22)9-7(2)19-20(3)13(9)18/h6H,5H2,1-4H3. The minimum atomic E-state index is -0.704. The van der Waals surface area contributed by atoms with Gasteiger partial charge in [-0.25, -0.2) is 9.75 Å². The minimum absolute atomic E-state index is 0.111. The minimum Gasteiger partial charge on any atom is -0.274 e. The highest BCUT2D eigenvalue weighted by Crippen LogP contribution is 2.41. The lowest BCUT2D eigenvalue weighted by molar-refractivity contribution is -0.119. The third kappa shape index (κ3) is 3.62. The molecule has 1 atom stereocenters. The van der Waals surface area contributed by atoms with Gasteiger partial charge in [0.2, 0.25) is 5.95 Å². The van der Waals surface area contributed by atoms with Gasteiger partial charge < -0.3 is 0 Å². The normalized spacial score (nSPS) is 12.5. The molecule has 0 saturated heterocycles. The molecule has 2 aromatic heterocycles. The molecule has 0 aromatic carbocycles. The Morgan fingerprint density at radius 3 is 2.58 bits per heavy atom. The smallest absolute Gasteiger partial charge is 0.274 e. The van der Waals surface area contributed by atoms with Gasteiger partial charge in [0.1, 0.15) is 9.90 Å². The lowest BCUT2D eigenvalue weighted by atomic mass is 10.1. The number of carbonyl (C=O) groups is 1. The van der Waals surface area contributed by atoms with Crippen molar-refractivity contribution in [1.82, 2.24) is 14.8 Å². The van der Waals surface area contributed by atoms with Crippen molar-refractivity contribution < 1.29 is 14.0 Å². The third-order valence-corrected chi connectivity index (χ3v) is 6.34. The summed E-state index contributed by atoms with van der Waals surface area (Å²) < 4.78 is 16.4. The quantitative estimate of drug-likeness (QED) is 0.613. The molecule has 5 nitrogen and oxygen atoms in total. The molecule has 1 unspecified atom stereocenters. The van der Waals surface area contributed by atoms with E-state index in [0.717, 1.165) is 19.1 Å². The Morgan fingerprint density at radius 1 is 1.54 bits per heavy atom. The van der Waals surface area contributed by atoms with E-state index >= 15 is 0 Å². The van der Waals surface area contributed by atoms with Gasteiger partial charge in [-0.2, -0.15) is 9.49 Å². The van der Waals surface area contributed by atoms with E-state index in [1.54, 1.807) is 13.8 Å². The first-order valence-corrected chi connectivity index (χ1v) is 9.24. The van der Waals surface area contributed by atoms with E-state index in [0.29, 0.717) is 21.5 Å². The molecule has 10 heteroatoms. The molecule has 132 valence electrons. The van der Waals surface area contributed by atoms with Gasteiger partial charge in [0, 0.05) is 7.05 Å². The van der Waals surface area contributed by atoms with Crippen LogP contribution in [0, 0.1) is 12.9 Å². The average molecular weight is 459 g/mol. The van der Waals surface area contributed by atoms with E-state index in [1.165, 1.54) is 25.5 Å². The Bertz CT molecular complexity index is 781. The van der Waals surface area contributed by atoms with Crippen molar-refractivity contribution >= 4 is 56.4 Å².